The van der Waals surface area contributed by atoms with E-state index in [0.717, 1.165) is 9.75 Å². The Morgan fingerprint density at radius 1 is 1.24 bits per heavy atom. The van der Waals surface area contributed by atoms with Crippen LogP contribution >= 0.6 is 22.7 Å². The molecule has 0 bridgehead atoms. The van der Waals surface area contributed by atoms with E-state index in [1.54, 1.807) is 22.7 Å². The Hall–Kier alpha value is -1.17. The average Bonchev–Trinajstić information content (AvgIpc) is 2.98. The molecule has 2 heterocycles. The van der Waals surface area contributed by atoms with Gasteiger partial charge in [0.25, 0.3) is 0 Å². The van der Waals surface area contributed by atoms with Crippen molar-refractivity contribution < 1.29 is 9.90 Å². The molecule has 2 aromatic rings. The number of thiophene rings is 2. The van der Waals surface area contributed by atoms with Gasteiger partial charge in [-0.1, -0.05) is 12.1 Å². The molecular weight excluding hydrogens is 254 g/mol. The van der Waals surface area contributed by atoms with Crippen LogP contribution < -0.4 is 5.32 Å². The van der Waals surface area contributed by atoms with E-state index in [4.69, 9.17) is 0 Å². The second-order valence-electron chi connectivity index (χ2n) is 3.65. The summed E-state index contributed by atoms with van der Waals surface area (Å²) in [5.41, 5.74) is 0. The number of aliphatic hydroxyl groups excluding tert-OH is 1. The fraction of sp³-hybridized carbons (Fsp3) is 0.250. The normalized spacial score (nSPS) is 12.6. The van der Waals surface area contributed by atoms with Gasteiger partial charge in [0.1, 0.15) is 6.10 Å². The van der Waals surface area contributed by atoms with Crippen LogP contribution in [0.3, 0.4) is 0 Å². The molecule has 5 heteroatoms. The summed E-state index contributed by atoms with van der Waals surface area (Å²) in [5.74, 6) is -0.350. The Morgan fingerprint density at radius 3 is 2.12 bits per heavy atom. The molecular formula is C12H13NO2S2. The Bertz CT molecular complexity index is 428. The van der Waals surface area contributed by atoms with Gasteiger partial charge >= 0.3 is 0 Å². The Morgan fingerprint density at radius 2 is 1.76 bits per heavy atom. The number of carbonyl (C=O) groups is 1. The minimum absolute atomic E-state index is 0.155. The minimum Gasteiger partial charge on any atom is -0.384 e. The molecule has 1 atom stereocenters. The van der Waals surface area contributed by atoms with E-state index in [-0.39, 0.29) is 11.9 Å². The number of carbonyl (C=O) groups excluding carboxylic acids is 1. The largest absolute Gasteiger partial charge is 0.384 e. The van der Waals surface area contributed by atoms with Gasteiger partial charge in [-0.25, -0.2) is 0 Å². The van der Waals surface area contributed by atoms with Gasteiger partial charge in [0, 0.05) is 9.75 Å². The van der Waals surface area contributed by atoms with Crippen molar-refractivity contribution in [2.24, 2.45) is 0 Å². The maximum atomic E-state index is 11.6. The summed E-state index contributed by atoms with van der Waals surface area (Å²) in [6, 6.07) is 7.72. The molecule has 90 valence electrons. The summed E-state index contributed by atoms with van der Waals surface area (Å²) in [4.78, 5) is 13.7. The highest BCUT2D eigenvalue weighted by atomic mass is 32.1. The van der Waals surface area contributed by atoms with Crippen molar-refractivity contribution in [3.8, 4) is 0 Å². The molecule has 3 nitrogen and oxygen atoms in total. The van der Waals surface area contributed by atoms with Crippen molar-refractivity contribution >= 4 is 28.6 Å². The second-order valence-corrected chi connectivity index (χ2v) is 5.61. The van der Waals surface area contributed by atoms with Gasteiger partial charge in [-0.3, -0.25) is 4.79 Å². The van der Waals surface area contributed by atoms with Crippen LogP contribution in [0.5, 0.6) is 0 Å². The zero-order valence-corrected chi connectivity index (χ0v) is 10.9. The van der Waals surface area contributed by atoms with Crippen LogP contribution in [0.2, 0.25) is 0 Å². The van der Waals surface area contributed by atoms with Crippen LogP contribution in [0.1, 0.15) is 22.7 Å². The molecule has 0 fully saturated rings. The van der Waals surface area contributed by atoms with Crippen LogP contribution in [0, 0.1) is 0 Å². The topological polar surface area (TPSA) is 49.3 Å². The Kier molecular flexibility index (Phi) is 3.93. The lowest BCUT2D eigenvalue weighted by molar-refractivity contribution is -0.128. The summed E-state index contributed by atoms with van der Waals surface area (Å²) < 4.78 is 0. The third-order valence-electron chi connectivity index (χ3n) is 2.32. The standard InChI is InChI=1S/C12H13NO2S2/c1-8(14)12(15)13-11(9-4-2-6-16-9)10-5-3-7-17-10/h2-8,11,14H,1H3,(H,13,15). The van der Waals surface area contributed by atoms with Crippen LogP contribution in [0.15, 0.2) is 35.0 Å². The highest BCUT2D eigenvalue weighted by molar-refractivity contribution is 7.11. The molecule has 0 aliphatic rings. The first-order valence-corrected chi connectivity index (χ1v) is 6.99. The zero-order chi connectivity index (χ0) is 12.3. The third-order valence-corrected chi connectivity index (χ3v) is 4.20. The van der Waals surface area contributed by atoms with Crippen molar-refractivity contribution in [2.75, 3.05) is 0 Å². The van der Waals surface area contributed by atoms with E-state index in [1.807, 2.05) is 35.0 Å². The zero-order valence-electron chi connectivity index (χ0n) is 9.29. The van der Waals surface area contributed by atoms with Crippen LogP contribution in [-0.4, -0.2) is 17.1 Å². The average molecular weight is 267 g/mol. The number of hydrogen-bond donors (Lipinski definition) is 2. The third kappa shape index (κ3) is 2.94. The molecule has 2 aromatic heterocycles. The predicted molar refractivity (Wildman–Crippen MR) is 70.3 cm³/mol. The maximum Gasteiger partial charge on any atom is 0.249 e. The summed E-state index contributed by atoms with van der Waals surface area (Å²) in [6.45, 7) is 1.47. The molecule has 0 saturated heterocycles. The van der Waals surface area contributed by atoms with Crippen molar-refractivity contribution in [3.05, 3.63) is 44.8 Å². The highest BCUT2D eigenvalue weighted by Crippen LogP contribution is 2.29. The van der Waals surface area contributed by atoms with Gasteiger partial charge in [-0.2, -0.15) is 0 Å². The first-order chi connectivity index (χ1) is 8.18. The molecule has 2 rings (SSSR count). The Balaban J connectivity index is 2.23. The summed E-state index contributed by atoms with van der Waals surface area (Å²) in [6.07, 6.45) is -0.988. The van der Waals surface area contributed by atoms with Crippen molar-refractivity contribution in [3.63, 3.8) is 0 Å². The summed E-state index contributed by atoms with van der Waals surface area (Å²) in [7, 11) is 0. The van der Waals surface area contributed by atoms with E-state index in [9.17, 15) is 9.90 Å². The van der Waals surface area contributed by atoms with Crippen LogP contribution in [0.4, 0.5) is 0 Å². The minimum atomic E-state index is -0.988. The number of rotatable bonds is 4. The molecule has 0 saturated carbocycles. The number of nitrogens with one attached hydrogen (secondary N) is 1. The molecule has 0 aliphatic heterocycles. The monoisotopic (exact) mass is 267 g/mol. The van der Waals surface area contributed by atoms with Gasteiger partial charge < -0.3 is 10.4 Å². The van der Waals surface area contributed by atoms with E-state index in [2.05, 4.69) is 5.32 Å². The summed E-state index contributed by atoms with van der Waals surface area (Å²) >= 11 is 3.19. The SMILES string of the molecule is CC(O)C(=O)NC(c1cccs1)c1cccs1. The quantitative estimate of drug-likeness (QED) is 0.893. The smallest absolute Gasteiger partial charge is 0.249 e. The van der Waals surface area contributed by atoms with E-state index in [0.29, 0.717) is 0 Å². The lowest BCUT2D eigenvalue weighted by Gasteiger charge is -2.17. The van der Waals surface area contributed by atoms with Gasteiger partial charge in [-0.15, -0.1) is 22.7 Å². The summed E-state index contributed by atoms with van der Waals surface area (Å²) in [5, 5.41) is 16.1. The van der Waals surface area contributed by atoms with E-state index < -0.39 is 6.10 Å². The number of amides is 1. The molecule has 1 unspecified atom stereocenters. The van der Waals surface area contributed by atoms with Crippen molar-refractivity contribution in [1.29, 1.82) is 0 Å². The second kappa shape index (κ2) is 5.44. The first kappa shape index (κ1) is 12.3. The fourth-order valence-electron chi connectivity index (χ4n) is 1.46. The van der Waals surface area contributed by atoms with Crippen LogP contribution in [0.25, 0.3) is 0 Å². The van der Waals surface area contributed by atoms with E-state index >= 15 is 0 Å². The predicted octanol–water partition coefficient (Wildman–Crippen LogP) is 2.40. The van der Waals surface area contributed by atoms with Crippen LogP contribution in [-0.2, 0) is 4.79 Å². The molecule has 1 amide bonds. The van der Waals surface area contributed by atoms with Crippen molar-refractivity contribution in [1.82, 2.24) is 5.32 Å². The number of hydrogen-bond acceptors (Lipinski definition) is 4. The van der Waals surface area contributed by atoms with Gasteiger partial charge in [0.05, 0.1) is 6.04 Å². The fourth-order valence-corrected chi connectivity index (χ4v) is 3.12. The van der Waals surface area contributed by atoms with E-state index in [1.165, 1.54) is 6.92 Å². The molecule has 0 spiro atoms. The molecule has 0 radical (unpaired) electrons. The molecule has 0 aromatic carbocycles. The van der Waals surface area contributed by atoms with Crippen molar-refractivity contribution in [2.45, 2.75) is 19.1 Å². The molecule has 0 aliphatic carbocycles. The molecule has 2 N–H and O–H groups in total. The first-order valence-electron chi connectivity index (χ1n) is 5.23. The lowest BCUT2D eigenvalue weighted by Crippen LogP contribution is -2.35. The van der Waals surface area contributed by atoms with Gasteiger partial charge in [0.15, 0.2) is 0 Å². The van der Waals surface area contributed by atoms with Gasteiger partial charge in [0.2, 0.25) is 5.91 Å². The maximum absolute atomic E-state index is 11.6. The Labute approximate surface area is 108 Å². The highest BCUT2D eigenvalue weighted by Gasteiger charge is 2.20. The molecule has 17 heavy (non-hydrogen) atoms. The van der Waals surface area contributed by atoms with Gasteiger partial charge in [-0.05, 0) is 29.8 Å². The number of aliphatic hydroxyl groups is 1. The lowest BCUT2D eigenvalue weighted by atomic mass is 10.2.